The maximum absolute atomic E-state index is 11.9. The number of hydrogen-bond acceptors (Lipinski definition) is 4. The van der Waals surface area contributed by atoms with Gasteiger partial charge in [-0.05, 0) is 25.8 Å². The fraction of sp³-hybridized carbons (Fsp3) is 0.471. The van der Waals surface area contributed by atoms with Gasteiger partial charge >= 0.3 is 0 Å². The molecule has 0 bridgehead atoms. The van der Waals surface area contributed by atoms with E-state index in [1.165, 1.54) is 6.92 Å². The average Bonchev–Trinajstić information content (AvgIpc) is 2.47. The minimum atomic E-state index is -1.40. The first-order valence-corrected chi connectivity index (χ1v) is 7.33. The number of aliphatic hydroxyl groups is 1. The van der Waals surface area contributed by atoms with Gasteiger partial charge in [0.1, 0.15) is 5.78 Å². The summed E-state index contributed by atoms with van der Waals surface area (Å²) < 4.78 is 0. The van der Waals surface area contributed by atoms with Crippen molar-refractivity contribution < 1.29 is 14.8 Å². The van der Waals surface area contributed by atoms with Crippen LogP contribution in [0.1, 0.15) is 38.7 Å². The molecule has 1 aromatic carbocycles. The Balaban J connectivity index is 2.44. The van der Waals surface area contributed by atoms with Crippen molar-refractivity contribution in [2.75, 3.05) is 0 Å². The third-order valence-corrected chi connectivity index (χ3v) is 4.86. The largest absolute Gasteiger partial charge is 0.389 e. The van der Waals surface area contributed by atoms with Gasteiger partial charge in [0.05, 0.1) is 11.5 Å². The van der Waals surface area contributed by atoms with E-state index in [1.807, 2.05) is 6.07 Å². The van der Waals surface area contributed by atoms with Gasteiger partial charge in [0.15, 0.2) is 0 Å². The summed E-state index contributed by atoms with van der Waals surface area (Å²) in [5.74, 6) is -0.983. The van der Waals surface area contributed by atoms with Crippen molar-refractivity contribution in [3.05, 3.63) is 52.6 Å². The van der Waals surface area contributed by atoms with Crippen LogP contribution in [0.15, 0.2) is 36.9 Å². The number of nitrogens with zero attached hydrogens (tertiary/aromatic N) is 1. The van der Waals surface area contributed by atoms with Crippen molar-refractivity contribution in [1.82, 2.24) is 0 Å². The van der Waals surface area contributed by atoms with Gasteiger partial charge in [-0.25, -0.2) is 0 Å². The Morgan fingerprint density at radius 1 is 1.36 bits per heavy atom. The van der Waals surface area contributed by atoms with E-state index in [4.69, 9.17) is 0 Å². The molecule has 0 unspecified atom stereocenters. The fourth-order valence-electron chi connectivity index (χ4n) is 3.33. The highest BCUT2D eigenvalue weighted by atomic mass is 16.6. The minimum absolute atomic E-state index is 0.0178. The van der Waals surface area contributed by atoms with Gasteiger partial charge in [-0.2, -0.15) is 0 Å². The summed E-state index contributed by atoms with van der Waals surface area (Å²) in [5.41, 5.74) is -1.51. The fourth-order valence-corrected chi connectivity index (χ4v) is 3.33. The molecular formula is C17H21NO4. The van der Waals surface area contributed by atoms with Crippen molar-refractivity contribution in [3.63, 3.8) is 0 Å². The van der Waals surface area contributed by atoms with Crippen LogP contribution >= 0.6 is 0 Å². The molecule has 0 aromatic heterocycles. The van der Waals surface area contributed by atoms with Crippen LogP contribution < -0.4 is 0 Å². The first-order chi connectivity index (χ1) is 10.2. The van der Waals surface area contributed by atoms with Crippen molar-refractivity contribution in [2.45, 2.75) is 44.2 Å². The van der Waals surface area contributed by atoms with E-state index in [1.54, 1.807) is 31.2 Å². The zero-order chi connectivity index (χ0) is 16.5. The molecule has 0 amide bonds. The summed E-state index contributed by atoms with van der Waals surface area (Å²) in [5, 5.41) is 22.2. The van der Waals surface area contributed by atoms with Crippen molar-refractivity contribution in [2.24, 2.45) is 5.92 Å². The lowest BCUT2D eigenvalue weighted by molar-refractivity contribution is -0.558. The number of Topliss-reactive ketones (excluding diaryl/α,β-unsaturated/α-hetero) is 1. The molecule has 0 aliphatic heterocycles. The Morgan fingerprint density at radius 2 is 1.95 bits per heavy atom. The van der Waals surface area contributed by atoms with Crippen molar-refractivity contribution in [3.8, 4) is 0 Å². The molecule has 5 nitrogen and oxygen atoms in total. The zero-order valence-corrected chi connectivity index (χ0v) is 12.9. The predicted octanol–water partition coefficient (Wildman–Crippen LogP) is 2.86. The molecular weight excluding hydrogens is 282 g/mol. The molecule has 1 aliphatic carbocycles. The molecule has 3 atom stereocenters. The molecule has 1 N–H and O–H groups in total. The lowest BCUT2D eigenvalue weighted by Crippen LogP contribution is -2.54. The molecule has 0 saturated heterocycles. The zero-order valence-electron chi connectivity index (χ0n) is 12.9. The van der Waals surface area contributed by atoms with Crippen LogP contribution in [-0.2, 0) is 4.79 Å². The van der Waals surface area contributed by atoms with Gasteiger partial charge in [-0.1, -0.05) is 36.9 Å². The molecule has 118 valence electrons. The van der Waals surface area contributed by atoms with Crippen LogP contribution in [0.5, 0.6) is 0 Å². The Kier molecular flexibility index (Phi) is 4.20. The Bertz CT molecular complexity index is 608. The molecule has 0 heterocycles. The van der Waals surface area contributed by atoms with Gasteiger partial charge in [0, 0.05) is 23.3 Å². The maximum Gasteiger partial charge on any atom is 0.248 e. The molecule has 0 spiro atoms. The van der Waals surface area contributed by atoms with Crippen molar-refractivity contribution >= 4 is 11.4 Å². The van der Waals surface area contributed by atoms with Crippen LogP contribution in [-0.4, -0.2) is 27.0 Å². The van der Waals surface area contributed by atoms with E-state index in [2.05, 4.69) is 6.58 Å². The maximum atomic E-state index is 11.9. The van der Waals surface area contributed by atoms with Gasteiger partial charge in [-0.15, -0.1) is 0 Å². The lowest BCUT2D eigenvalue weighted by atomic mass is 9.64. The normalized spacial score (nSPS) is 31.5. The molecule has 1 aliphatic rings. The number of rotatable bonds is 4. The van der Waals surface area contributed by atoms with E-state index in [0.717, 1.165) is 0 Å². The van der Waals surface area contributed by atoms with Gasteiger partial charge in [0.2, 0.25) is 5.54 Å². The topological polar surface area (TPSA) is 80.4 Å². The van der Waals surface area contributed by atoms with Crippen LogP contribution in [0.2, 0.25) is 0 Å². The van der Waals surface area contributed by atoms with Crippen molar-refractivity contribution in [1.29, 1.82) is 0 Å². The first-order valence-electron chi connectivity index (χ1n) is 7.33. The molecule has 22 heavy (non-hydrogen) atoms. The Morgan fingerprint density at radius 3 is 2.45 bits per heavy atom. The highest BCUT2D eigenvalue weighted by molar-refractivity contribution is 5.81. The average molecular weight is 303 g/mol. The summed E-state index contributed by atoms with van der Waals surface area (Å²) in [6.45, 7) is 6.90. The summed E-state index contributed by atoms with van der Waals surface area (Å²) >= 11 is 0. The van der Waals surface area contributed by atoms with Gasteiger partial charge < -0.3 is 5.11 Å². The Labute approximate surface area is 129 Å². The second-order valence-corrected chi connectivity index (χ2v) is 6.36. The standard InChI is InChI=1S/C17H21NO4/c1-12(14-7-5-4-6-8-14)17(18(21)22)10-9-16(3,20)15(11-17)13(2)19/h4-8,15,20H,1,9-11H2,2-3H3/t15-,16-,17+/m0/s1. The van der Waals surface area contributed by atoms with Crippen LogP contribution in [0.25, 0.3) is 5.57 Å². The molecule has 1 saturated carbocycles. The summed E-state index contributed by atoms with van der Waals surface area (Å²) in [4.78, 5) is 23.4. The third kappa shape index (κ3) is 2.68. The molecule has 1 aromatic rings. The number of carbonyl (C=O) groups excluding carboxylic acids is 1. The van der Waals surface area contributed by atoms with E-state index >= 15 is 0 Å². The second-order valence-electron chi connectivity index (χ2n) is 6.36. The number of benzene rings is 1. The number of ketones is 1. The van der Waals surface area contributed by atoms with E-state index < -0.39 is 17.1 Å². The Hall–Kier alpha value is -2.01. The highest BCUT2D eigenvalue weighted by Crippen LogP contribution is 2.47. The summed E-state index contributed by atoms with van der Waals surface area (Å²) in [6.07, 6.45) is 0.352. The van der Waals surface area contributed by atoms with E-state index in [-0.39, 0.29) is 30.0 Å². The van der Waals surface area contributed by atoms with E-state index in [0.29, 0.717) is 11.1 Å². The van der Waals surface area contributed by atoms with Crippen LogP contribution in [0.4, 0.5) is 0 Å². The molecule has 5 heteroatoms. The quantitative estimate of drug-likeness (QED) is 0.685. The summed E-state index contributed by atoms with van der Waals surface area (Å²) in [6, 6.07) is 9.00. The number of hydrogen-bond donors (Lipinski definition) is 1. The molecule has 2 rings (SSSR count). The van der Waals surface area contributed by atoms with Crippen LogP contribution in [0, 0.1) is 16.0 Å². The summed E-state index contributed by atoms with van der Waals surface area (Å²) in [7, 11) is 0. The second kappa shape index (κ2) is 5.65. The highest BCUT2D eigenvalue weighted by Gasteiger charge is 2.56. The van der Waals surface area contributed by atoms with Gasteiger partial charge in [-0.3, -0.25) is 14.9 Å². The molecule has 1 fully saturated rings. The van der Waals surface area contributed by atoms with E-state index in [9.17, 15) is 20.0 Å². The monoisotopic (exact) mass is 303 g/mol. The van der Waals surface area contributed by atoms with Crippen LogP contribution in [0.3, 0.4) is 0 Å². The third-order valence-electron chi connectivity index (χ3n) is 4.86. The number of carbonyl (C=O) groups is 1. The lowest BCUT2D eigenvalue weighted by Gasteiger charge is -2.42. The molecule has 0 radical (unpaired) electrons. The SMILES string of the molecule is C=C(c1ccccc1)[C@@]1([N+](=O)[O-])CC[C@](C)(O)[C@H](C(C)=O)C1. The number of nitro groups is 1. The first kappa shape index (κ1) is 16.4. The van der Waals surface area contributed by atoms with Gasteiger partial charge in [0.25, 0.3) is 0 Å². The minimum Gasteiger partial charge on any atom is -0.389 e. The smallest absolute Gasteiger partial charge is 0.248 e. The predicted molar refractivity (Wildman–Crippen MR) is 83.8 cm³/mol.